The molecule has 0 radical (unpaired) electrons. The van der Waals surface area contributed by atoms with Crippen molar-refractivity contribution in [1.82, 2.24) is 28.8 Å². The first-order chi connectivity index (χ1) is 13.1. The minimum Gasteiger partial charge on any atom is -0.338 e. The third-order valence-corrected chi connectivity index (χ3v) is 7.38. The molecule has 1 unspecified atom stereocenters. The number of rotatable bonds is 5. The summed E-state index contributed by atoms with van der Waals surface area (Å²) in [5, 5.41) is 9.00. The molecule has 0 saturated carbocycles. The molecule has 1 fully saturated rings. The highest BCUT2D eigenvalue weighted by Gasteiger charge is 2.33. The number of carbonyl (C=O) groups excluding carboxylic acids is 1. The first-order valence-electron chi connectivity index (χ1n) is 9.19. The first kappa shape index (κ1) is 20.8. The minimum atomic E-state index is -3.63. The number of hydrogen-bond donors (Lipinski definition) is 0. The third-order valence-electron chi connectivity index (χ3n) is 5.00. The molecule has 154 valence electrons. The van der Waals surface area contributed by atoms with Crippen LogP contribution in [-0.4, -0.2) is 69.3 Å². The van der Waals surface area contributed by atoms with Crippen LogP contribution >= 0.6 is 11.6 Å². The van der Waals surface area contributed by atoms with Crippen LogP contribution in [0.4, 0.5) is 0 Å². The minimum absolute atomic E-state index is 0.105. The van der Waals surface area contributed by atoms with Gasteiger partial charge in [0.15, 0.2) is 0 Å². The molecule has 9 nitrogen and oxygen atoms in total. The molecule has 2 aromatic rings. The molecular formula is C17H25ClN6O3S. The Labute approximate surface area is 169 Å². The Morgan fingerprint density at radius 2 is 1.79 bits per heavy atom. The van der Waals surface area contributed by atoms with Gasteiger partial charge in [-0.25, -0.2) is 8.42 Å². The van der Waals surface area contributed by atoms with Gasteiger partial charge in [0.2, 0.25) is 15.9 Å². The Morgan fingerprint density at radius 1 is 1.14 bits per heavy atom. The summed E-state index contributed by atoms with van der Waals surface area (Å²) >= 11 is 6.03. The summed E-state index contributed by atoms with van der Waals surface area (Å²) in [5.41, 5.74) is 1.15. The van der Waals surface area contributed by atoms with E-state index in [9.17, 15) is 13.2 Å². The molecule has 0 N–H and O–H groups in total. The van der Waals surface area contributed by atoms with Gasteiger partial charge in [0.1, 0.15) is 10.9 Å². The van der Waals surface area contributed by atoms with Gasteiger partial charge >= 0.3 is 0 Å². The van der Waals surface area contributed by atoms with Gasteiger partial charge in [-0.3, -0.25) is 14.2 Å². The SMILES string of the molecule is CCn1cc(S(=O)(=O)N2CCN(C(=O)C(C)n3cc(Cl)c(C)n3)CC2)c(C)n1. The predicted octanol–water partition coefficient (Wildman–Crippen LogP) is 1.46. The average Bonchev–Trinajstić information content (AvgIpc) is 3.23. The Bertz CT molecular complexity index is 956. The fraction of sp³-hybridized carbons (Fsp3) is 0.588. The lowest BCUT2D eigenvalue weighted by atomic mass is 10.2. The molecule has 1 saturated heterocycles. The van der Waals surface area contributed by atoms with Crippen LogP contribution in [0.2, 0.25) is 5.02 Å². The predicted molar refractivity (Wildman–Crippen MR) is 105 cm³/mol. The summed E-state index contributed by atoms with van der Waals surface area (Å²) in [6, 6.07) is -0.501. The van der Waals surface area contributed by atoms with Gasteiger partial charge in [-0.1, -0.05) is 11.6 Å². The standard InChI is InChI=1S/C17H25ClN6O3S/c1-5-22-11-16(13(3)19-22)28(26,27)23-8-6-21(7-9-23)17(25)14(4)24-10-15(18)12(2)20-24/h10-11,14H,5-9H2,1-4H3. The fourth-order valence-corrected chi connectivity index (χ4v) is 4.97. The number of aryl methyl sites for hydroxylation is 3. The molecule has 11 heteroatoms. The fourth-order valence-electron chi connectivity index (χ4n) is 3.24. The number of aromatic nitrogens is 4. The Hall–Kier alpha value is -1.91. The van der Waals surface area contributed by atoms with Gasteiger partial charge in [0.25, 0.3) is 0 Å². The van der Waals surface area contributed by atoms with Gasteiger partial charge in [-0.15, -0.1) is 0 Å². The maximum atomic E-state index is 12.9. The monoisotopic (exact) mass is 428 g/mol. The van der Waals surface area contributed by atoms with Crippen molar-refractivity contribution in [3.05, 3.63) is 28.8 Å². The highest BCUT2D eigenvalue weighted by atomic mass is 35.5. The van der Waals surface area contributed by atoms with Gasteiger partial charge in [-0.05, 0) is 27.7 Å². The molecule has 1 aliphatic heterocycles. The zero-order valence-electron chi connectivity index (χ0n) is 16.5. The van der Waals surface area contributed by atoms with E-state index in [1.165, 1.54) is 4.31 Å². The van der Waals surface area contributed by atoms with Gasteiger partial charge in [0.05, 0.1) is 16.4 Å². The topological polar surface area (TPSA) is 93.3 Å². The second-order valence-corrected chi connectivity index (χ2v) is 9.20. The summed E-state index contributed by atoms with van der Waals surface area (Å²) in [5.74, 6) is -0.105. The first-order valence-corrected chi connectivity index (χ1v) is 11.0. The van der Waals surface area contributed by atoms with Crippen LogP contribution in [-0.2, 0) is 21.4 Å². The van der Waals surface area contributed by atoms with Gasteiger partial charge < -0.3 is 4.90 Å². The van der Waals surface area contributed by atoms with E-state index in [0.717, 1.165) is 0 Å². The summed E-state index contributed by atoms with van der Waals surface area (Å²) in [6.45, 7) is 8.90. The number of hydrogen-bond acceptors (Lipinski definition) is 5. The largest absolute Gasteiger partial charge is 0.338 e. The molecule has 28 heavy (non-hydrogen) atoms. The Balaban J connectivity index is 1.68. The van der Waals surface area contributed by atoms with Crippen molar-refractivity contribution in [1.29, 1.82) is 0 Å². The number of sulfonamides is 1. The van der Waals surface area contributed by atoms with E-state index in [4.69, 9.17) is 11.6 Å². The van der Waals surface area contributed by atoms with Crippen LogP contribution in [0.15, 0.2) is 17.3 Å². The Kier molecular flexibility index (Phi) is 5.83. The zero-order chi connectivity index (χ0) is 20.6. The van der Waals surface area contributed by atoms with Gasteiger partial charge in [-0.2, -0.15) is 14.5 Å². The molecule has 2 aromatic heterocycles. The summed E-state index contributed by atoms with van der Waals surface area (Å²) in [6.07, 6.45) is 3.20. The summed E-state index contributed by atoms with van der Waals surface area (Å²) < 4.78 is 30.5. The van der Waals surface area contributed by atoms with Crippen molar-refractivity contribution >= 4 is 27.5 Å². The molecule has 1 amide bonds. The van der Waals surface area contributed by atoms with Crippen molar-refractivity contribution in [2.45, 2.75) is 45.2 Å². The maximum Gasteiger partial charge on any atom is 0.247 e. The summed E-state index contributed by atoms with van der Waals surface area (Å²) in [7, 11) is -3.63. The van der Waals surface area contributed by atoms with E-state index >= 15 is 0 Å². The molecule has 0 spiro atoms. The van der Waals surface area contributed by atoms with Crippen molar-refractivity contribution in [3.8, 4) is 0 Å². The highest BCUT2D eigenvalue weighted by molar-refractivity contribution is 7.89. The number of halogens is 1. The van der Waals surface area contributed by atoms with E-state index in [1.807, 2.05) is 6.92 Å². The second kappa shape index (κ2) is 7.84. The summed E-state index contributed by atoms with van der Waals surface area (Å²) in [4.78, 5) is 14.7. The normalized spacial score (nSPS) is 17.1. The molecule has 1 atom stereocenters. The lowest BCUT2D eigenvalue weighted by Crippen LogP contribution is -2.51. The van der Waals surface area contributed by atoms with Crippen molar-refractivity contribution < 1.29 is 13.2 Å². The van der Waals surface area contributed by atoms with Crippen LogP contribution < -0.4 is 0 Å². The van der Waals surface area contributed by atoms with E-state index in [0.29, 0.717) is 36.0 Å². The molecule has 0 aromatic carbocycles. The van der Waals surface area contributed by atoms with Gasteiger partial charge in [0, 0.05) is 45.1 Å². The molecule has 0 bridgehead atoms. The van der Waals surface area contributed by atoms with Crippen LogP contribution in [0.1, 0.15) is 31.3 Å². The van der Waals surface area contributed by atoms with Crippen LogP contribution in [0.25, 0.3) is 0 Å². The van der Waals surface area contributed by atoms with Crippen LogP contribution in [0, 0.1) is 13.8 Å². The quantitative estimate of drug-likeness (QED) is 0.718. The van der Waals surface area contributed by atoms with Crippen LogP contribution in [0.3, 0.4) is 0 Å². The molecule has 3 rings (SSSR count). The number of carbonyl (C=O) groups is 1. The molecule has 1 aliphatic rings. The van der Waals surface area contributed by atoms with E-state index in [-0.39, 0.29) is 23.9 Å². The van der Waals surface area contributed by atoms with Crippen molar-refractivity contribution in [2.24, 2.45) is 0 Å². The average molecular weight is 429 g/mol. The maximum absolute atomic E-state index is 12.9. The second-order valence-electron chi connectivity index (χ2n) is 6.88. The van der Waals surface area contributed by atoms with Crippen LogP contribution in [0.5, 0.6) is 0 Å². The molecular weight excluding hydrogens is 404 g/mol. The number of amides is 1. The van der Waals surface area contributed by atoms with E-state index < -0.39 is 16.1 Å². The number of nitrogens with zero attached hydrogens (tertiary/aromatic N) is 6. The molecule has 0 aliphatic carbocycles. The molecule has 3 heterocycles. The zero-order valence-corrected chi connectivity index (χ0v) is 18.0. The van der Waals surface area contributed by atoms with E-state index in [1.54, 1.807) is 47.4 Å². The Morgan fingerprint density at radius 3 is 2.29 bits per heavy atom. The van der Waals surface area contributed by atoms with Crippen molar-refractivity contribution in [3.63, 3.8) is 0 Å². The van der Waals surface area contributed by atoms with Crippen molar-refractivity contribution in [2.75, 3.05) is 26.2 Å². The highest BCUT2D eigenvalue weighted by Crippen LogP contribution is 2.22. The number of piperazine rings is 1. The lowest BCUT2D eigenvalue weighted by Gasteiger charge is -2.35. The smallest absolute Gasteiger partial charge is 0.247 e. The third kappa shape index (κ3) is 3.81. The lowest BCUT2D eigenvalue weighted by molar-refractivity contribution is -0.135. The van der Waals surface area contributed by atoms with E-state index in [2.05, 4.69) is 10.2 Å².